The summed E-state index contributed by atoms with van der Waals surface area (Å²) in [6.45, 7) is 4.03. The van der Waals surface area contributed by atoms with E-state index in [0.717, 1.165) is 16.8 Å². The van der Waals surface area contributed by atoms with Gasteiger partial charge in [0.2, 0.25) is 0 Å². The number of benzene rings is 2. The Bertz CT molecular complexity index is 616. The molecule has 0 aliphatic heterocycles. The molecule has 0 saturated carbocycles. The third kappa shape index (κ3) is 2.83. The van der Waals surface area contributed by atoms with Gasteiger partial charge in [0.05, 0.1) is 5.69 Å². The predicted molar refractivity (Wildman–Crippen MR) is 74.2 cm³/mol. The first kappa shape index (κ1) is 12.1. The van der Waals surface area contributed by atoms with Crippen molar-refractivity contribution < 1.29 is 0 Å². The highest BCUT2D eigenvalue weighted by atomic mass is 14.7. The van der Waals surface area contributed by atoms with Crippen LogP contribution in [0.5, 0.6) is 0 Å². The third-order valence-electron chi connectivity index (χ3n) is 2.67. The average molecular weight is 234 g/mol. The lowest BCUT2D eigenvalue weighted by atomic mass is 10.1. The van der Waals surface area contributed by atoms with E-state index in [1.165, 1.54) is 5.56 Å². The Morgan fingerprint density at radius 3 is 2.33 bits per heavy atom. The summed E-state index contributed by atoms with van der Waals surface area (Å²) in [6, 6.07) is 17.8. The van der Waals surface area contributed by atoms with Crippen LogP contribution in [0.1, 0.15) is 16.7 Å². The lowest BCUT2D eigenvalue weighted by Gasteiger charge is -2.00. The van der Waals surface area contributed by atoms with Crippen molar-refractivity contribution in [2.24, 2.45) is 4.99 Å². The number of rotatable bonds is 2. The van der Waals surface area contributed by atoms with Crippen LogP contribution in [-0.4, -0.2) is 5.71 Å². The molecule has 0 fully saturated rings. The van der Waals surface area contributed by atoms with Crippen LogP contribution >= 0.6 is 0 Å². The molecule has 0 atom stereocenters. The molecule has 0 spiro atoms. The van der Waals surface area contributed by atoms with Crippen LogP contribution in [0.25, 0.3) is 0 Å². The van der Waals surface area contributed by atoms with Gasteiger partial charge in [0, 0.05) is 5.56 Å². The Morgan fingerprint density at radius 2 is 1.72 bits per heavy atom. The van der Waals surface area contributed by atoms with E-state index in [2.05, 4.69) is 11.1 Å². The first-order chi connectivity index (χ1) is 8.69. The molecule has 88 valence electrons. The van der Waals surface area contributed by atoms with Gasteiger partial charge in [-0.05, 0) is 31.5 Å². The predicted octanol–water partition coefficient (Wildman–Crippen LogP) is 3.95. The van der Waals surface area contributed by atoms with Gasteiger partial charge in [0.25, 0.3) is 0 Å². The quantitative estimate of drug-likeness (QED) is 0.725. The van der Waals surface area contributed by atoms with Gasteiger partial charge < -0.3 is 0 Å². The second-order valence-corrected chi connectivity index (χ2v) is 4.28. The molecule has 18 heavy (non-hydrogen) atoms. The topological polar surface area (TPSA) is 36.1 Å². The minimum atomic E-state index is 0.445. The Hall–Kier alpha value is -2.40. The number of nitriles is 1. The van der Waals surface area contributed by atoms with Gasteiger partial charge in [-0.25, -0.2) is 4.99 Å². The van der Waals surface area contributed by atoms with E-state index in [4.69, 9.17) is 0 Å². The van der Waals surface area contributed by atoms with Gasteiger partial charge in [-0.3, -0.25) is 0 Å². The van der Waals surface area contributed by atoms with Gasteiger partial charge in [-0.2, -0.15) is 5.26 Å². The fourth-order valence-electron chi connectivity index (χ4n) is 1.69. The molecule has 2 rings (SSSR count). The van der Waals surface area contributed by atoms with E-state index in [1.54, 1.807) is 0 Å². The van der Waals surface area contributed by atoms with Gasteiger partial charge in [0.1, 0.15) is 11.8 Å². The number of hydrogen-bond donors (Lipinski definition) is 0. The van der Waals surface area contributed by atoms with Crippen molar-refractivity contribution in [3.8, 4) is 6.07 Å². The number of nitrogens with zero attached hydrogens (tertiary/aromatic N) is 2. The fourth-order valence-corrected chi connectivity index (χ4v) is 1.69. The van der Waals surface area contributed by atoms with Crippen molar-refractivity contribution in [1.82, 2.24) is 0 Å². The number of aryl methyl sites for hydroxylation is 2. The number of hydrogen-bond acceptors (Lipinski definition) is 2. The zero-order valence-electron chi connectivity index (χ0n) is 10.5. The third-order valence-corrected chi connectivity index (χ3v) is 2.67. The number of aliphatic imine (C=N–C) groups is 1. The van der Waals surface area contributed by atoms with Crippen LogP contribution in [0.2, 0.25) is 0 Å². The van der Waals surface area contributed by atoms with Crippen LogP contribution in [0.15, 0.2) is 53.5 Å². The molecule has 0 saturated heterocycles. The van der Waals surface area contributed by atoms with Crippen LogP contribution in [0.4, 0.5) is 5.69 Å². The Morgan fingerprint density at radius 1 is 1.00 bits per heavy atom. The first-order valence-corrected chi connectivity index (χ1v) is 5.81. The zero-order valence-corrected chi connectivity index (χ0v) is 10.5. The maximum absolute atomic E-state index is 9.20. The maximum Gasteiger partial charge on any atom is 0.148 e. The largest absolute Gasteiger partial charge is 0.237 e. The lowest BCUT2D eigenvalue weighted by molar-refractivity contribution is 1.41. The summed E-state index contributed by atoms with van der Waals surface area (Å²) < 4.78 is 0. The van der Waals surface area contributed by atoms with Gasteiger partial charge in [-0.15, -0.1) is 0 Å². The summed E-state index contributed by atoms with van der Waals surface area (Å²) in [5.74, 6) is 0. The van der Waals surface area contributed by atoms with Crippen molar-refractivity contribution in [1.29, 1.82) is 5.26 Å². The lowest BCUT2D eigenvalue weighted by Crippen LogP contribution is -1.96. The van der Waals surface area contributed by atoms with Crippen LogP contribution in [-0.2, 0) is 0 Å². The molecule has 2 heteroatoms. The minimum absolute atomic E-state index is 0.445. The van der Waals surface area contributed by atoms with Gasteiger partial charge in [-0.1, -0.05) is 42.0 Å². The molecular weight excluding hydrogens is 220 g/mol. The van der Waals surface area contributed by atoms with Crippen molar-refractivity contribution in [3.05, 3.63) is 65.2 Å². The smallest absolute Gasteiger partial charge is 0.148 e. The normalized spacial score (nSPS) is 11.1. The monoisotopic (exact) mass is 234 g/mol. The van der Waals surface area contributed by atoms with Crippen molar-refractivity contribution >= 4 is 11.4 Å². The maximum atomic E-state index is 9.20. The molecule has 2 nitrogen and oxygen atoms in total. The minimum Gasteiger partial charge on any atom is -0.237 e. The van der Waals surface area contributed by atoms with Crippen LogP contribution in [0.3, 0.4) is 0 Å². The first-order valence-electron chi connectivity index (χ1n) is 5.81. The van der Waals surface area contributed by atoms with Gasteiger partial charge >= 0.3 is 0 Å². The Labute approximate surface area is 107 Å². The summed E-state index contributed by atoms with van der Waals surface area (Å²) in [6.07, 6.45) is 0. The van der Waals surface area contributed by atoms with E-state index < -0.39 is 0 Å². The highest BCUT2D eigenvalue weighted by Crippen LogP contribution is 2.15. The molecule has 0 heterocycles. The van der Waals surface area contributed by atoms with E-state index in [1.807, 2.05) is 62.4 Å². The molecule has 0 radical (unpaired) electrons. The van der Waals surface area contributed by atoms with Crippen molar-refractivity contribution in [2.75, 3.05) is 0 Å². The molecular formula is C16H14N2. The molecule has 2 aromatic rings. The Kier molecular flexibility index (Phi) is 3.54. The summed E-state index contributed by atoms with van der Waals surface area (Å²) in [5.41, 5.74) is 4.42. The molecule has 0 unspecified atom stereocenters. The highest BCUT2D eigenvalue weighted by Gasteiger charge is 2.02. The SMILES string of the molecule is Cc1ccc(C(C#N)=Nc2cccc(C)c2)cc1. The molecule has 0 bridgehead atoms. The zero-order chi connectivity index (χ0) is 13.0. The molecule has 0 N–H and O–H groups in total. The van der Waals surface area contributed by atoms with E-state index in [-0.39, 0.29) is 0 Å². The molecule has 0 aromatic heterocycles. The summed E-state index contributed by atoms with van der Waals surface area (Å²) in [4.78, 5) is 4.39. The second-order valence-electron chi connectivity index (χ2n) is 4.28. The van der Waals surface area contributed by atoms with E-state index in [9.17, 15) is 5.26 Å². The summed E-state index contributed by atoms with van der Waals surface area (Å²) in [7, 11) is 0. The summed E-state index contributed by atoms with van der Waals surface area (Å²) in [5, 5.41) is 9.20. The van der Waals surface area contributed by atoms with Crippen LogP contribution in [0, 0.1) is 25.2 Å². The fraction of sp³-hybridized carbons (Fsp3) is 0.125. The van der Waals surface area contributed by atoms with Crippen molar-refractivity contribution in [2.45, 2.75) is 13.8 Å². The van der Waals surface area contributed by atoms with E-state index >= 15 is 0 Å². The molecule has 0 amide bonds. The molecule has 0 aliphatic carbocycles. The molecule has 0 aliphatic rings. The van der Waals surface area contributed by atoms with Gasteiger partial charge in [0.15, 0.2) is 0 Å². The second kappa shape index (κ2) is 5.29. The van der Waals surface area contributed by atoms with Crippen LogP contribution < -0.4 is 0 Å². The standard InChI is InChI=1S/C16H14N2/c1-12-6-8-14(9-7-12)16(11-17)18-15-5-3-4-13(2)10-15/h3-10H,1-2H3. The Balaban J connectivity index is 2.40. The van der Waals surface area contributed by atoms with Crippen molar-refractivity contribution in [3.63, 3.8) is 0 Å². The highest BCUT2D eigenvalue weighted by molar-refractivity contribution is 6.12. The van der Waals surface area contributed by atoms with E-state index in [0.29, 0.717) is 5.71 Å². The average Bonchev–Trinajstić information content (AvgIpc) is 2.37. The molecule has 2 aromatic carbocycles. The summed E-state index contributed by atoms with van der Waals surface area (Å²) >= 11 is 0.